The molecule has 1 aliphatic heterocycles. The van der Waals surface area contributed by atoms with E-state index in [0.717, 1.165) is 11.0 Å². The summed E-state index contributed by atoms with van der Waals surface area (Å²) in [7, 11) is 0. The number of rotatable bonds is 4. The second-order valence-corrected chi connectivity index (χ2v) is 7.00. The Kier molecular flexibility index (Phi) is 5.05. The Labute approximate surface area is 161 Å². The third kappa shape index (κ3) is 3.79. The lowest BCUT2D eigenvalue weighted by molar-refractivity contribution is -0.133. The smallest absolute Gasteiger partial charge is 0.244 e. The van der Waals surface area contributed by atoms with Crippen molar-refractivity contribution in [3.05, 3.63) is 58.9 Å². The van der Waals surface area contributed by atoms with Crippen LogP contribution in [0.15, 0.2) is 42.5 Å². The summed E-state index contributed by atoms with van der Waals surface area (Å²) in [5, 5.41) is 8.59. The zero-order valence-electron chi connectivity index (χ0n) is 14.7. The minimum Gasteiger partial charge on any atom is -0.339 e. The van der Waals surface area contributed by atoms with Crippen LogP contribution in [-0.4, -0.2) is 56.9 Å². The predicted molar refractivity (Wildman–Crippen MR) is 101 cm³/mol. The standard InChI is InChI=1S/C19H19ClFN5O/c20-15-4-3-5-16(21)14(15)12-24-8-10-25(11-9-24)19(27)13-26-18-7-2-1-6-17(18)22-23-26/h1-7H,8-13H2. The molecule has 8 heteroatoms. The summed E-state index contributed by atoms with van der Waals surface area (Å²) >= 11 is 6.11. The Morgan fingerprint density at radius 1 is 1.07 bits per heavy atom. The molecule has 0 atom stereocenters. The number of amides is 1. The highest BCUT2D eigenvalue weighted by Crippen LogP contribution is 2.21. The number of carbonyl (C=O) groups excluding carboxylic acids is 1. The van der Waals surface area contributed by atoms with E-state index in [4.69, 9.17) is 11.6 Å². The fraction of sp³-hybridized carbons (Fsp3) is 0.316. The Morgan fingerprint density at radius 2 is 1.85 bits per heavy atom. The Morgan fingerprint density at radius 3 is 2.63 bits per heavy atom. The zero-order valence-corrected chi connectivity index (χ0v) is 15.4. The fourth-order valence-corrected chi connectivity index (χ4v) is 3.55. The summed E-state index contributed by atoms with van der Waals surface area (Å²) in [4.78, 5) is 16.5. The van der Waals surface area contributed by atoms with Crippen LogP contribution in [0.2, 0.25) is 5.02 Å². The van der Waals surface area contributed by atoms with Crippen LogP contribution >= 0.6 is 11.6 Å². The molecule has 1 aliphatic rings. The number of hydrogen-bond donors (Lipinski definition) is 0. The van der Waals surface area contributed by atoms with Crippen LogP contribution in [-0.2, 0) is 17.9 Å². The van der Waals surface area contributed by atoms with E-state index >= 15 is 0 Å². The number of para-hydroxylation sites is 1. The Hall–Kier alpha value is -2.51. The number of piperazine rings is 1. The van der Waals surface area contributed by atoms with Crippen molar-refractivity contribution in [1.82, 2.24) is 24.8 Å². The Balaban J connectivity index is 1.35. The van der Waals surface area contributed by atoms with E-state index in [1.54, 1.807) is 16.8 Å². The van der Waals surface area contributed by atoms with Crippen molar-refractivity contribution in [2.75, 3.05) is 26.2 Å². The van der Waals surface area contributed by atoms with Gasteiger partial charge < -0.3 is 4.90 Å². The third-order valence-corrected chi connectivity index (χ3v) is 5.23. The van der Waals surface area contributed by atoms with Gasteiger partial charge in [-0.15, -0.1) is 5.10 Å². The average Bonchev–Trinajstić information content (AvgIpc) is 3.08. The maximum absolute atomic E-state index is 14.0. The van der Waals surface area contributed by atoms with Crippen LogP contribution in [0.1, 0.15) is 5.56 Å². The first-order valence-corrected chi connectivity index (χ1v) is 9.21. The monoisotopic (exact) mass is 387 g/mol. The van der Waals surface area contributed by atoms with Gasteiger partial charge in [-0.25, -0.2) is 9.07 Å². The normalized spacial score (nSPS) is 15.4. The summed E-state index contributed by atoms with van der Waals surface area (Å²) in [5.41, 5.74) is 2.13. The summed E-state index contributed by atoms with van der Waals surface area (Å²) < 4.78 is 15.6. The molecule has 0 aliphatic carbocycles. The zero-order chi connectivity index (χ0) is 18.8. The maximum Gasteiger partial charge on any atom is 0.244 e. The lowest BCUT2D eigenvalue weighted by Gasteiger charge is -2.35. The van der Waals surface area contributed by atoms with Gasteiger partial charge in [0.2, 0.25) is 5.91 Å². The lowest BCUT2D eigenvalue weighted by atomic mass is 10.2. The number of carbonyl (C=O) groups is 1. The van der Waals surface area contributed by atoms with Crippen molar-refractivity contribution in [1.29, 1.82) is 0 Å². The molecule has 0 unspecified atom stereocenters. The number of halogens is 2. The topological polar surface area (TPSA) is 54.3 Å². The molecule has 2 aromatic carbocycles. The fourth-order valence-electron chi connectivity index (χ4n) is 3.32. The van der Waals surface area contributed by atoms with Gasteiger partial charge >= 0.3 is 0 Å². The molecule has 4 rings (SSSR count). The van der Waals surface area contributed by atoms with Crippen molar-refractivity contribution in [2.45, 2.75) is 13.1 Å². The number of aromatic nitrogens is 3. The van der Waals surface area contributed by atoms with Crippen molar-refractivity contribution in [3.63, 3.8) is 0 Å². The molecule has 0 radical (unpaired) electrons. The SMILES string of the molecule is O=C(Cn1nnc2ccccc21)N1CCN(Cc2c(F)cccc2Cl)CC1. The van der Waals surface area contributed by atoms with Gasteiger partial charge in [0.05, 0.1) is 5.52 Å². The highest BCUT2D eigenvalue weighted by atomic mass is 35.5. The molecule has 3 aromatic rings. The van der Waals surface area contributed by atoms with E-state index in [1.807, 2.05) is 29.2 Å². The van der Waals surface area contributed by atoms with Crippen LogP contribution in [0.25, 0.3) is 11.0 Å². The number of hydrogen-bond acceptors (Lipinski definition) is 4. The molecule has 0 N–H and O–H groups in total. The van der Waals surface area contributed by atoms with Gasteiger partial charge in [-0.05, 0) is 24.3 Å². The molecule has 1 fully saturated rings. The molecule has 1 aromatic heterocycles. The molecule has 0 saturated carbocycles. The predicted octanol–water partition coefficient (Wildman–Crippen LogP) is 2.57. The van der Waals surface area contributed by atoms with Gasteiger partial charge in [0.25, 0.3) is 0 Å². The molecular formula is C19H19ClFN5O. The van der Waals surface area contributed by atoms with Crippen LogP contribution in [0, 0.1) is 5.82 Å². The summed E-state index contributed by atoms with van der Waals surface area (Å²) in [6.45, 7) is 3.15. The van der Waals surface area contributed by atoms with Crippen LogP contribution in [0.4, 0.5) is 4.39 Å². The van der Waals surface area contributed by atoms with Gasteiger partial charge in [0.15, 0.2) is 0 Å². The summed E-state index contributed by atoms with van der Waals surface area (Å²) in [6, 6.07) is 12.3. The number of fused-ring (bicyclic) bond motifs is 1. The number of benzene rings is 2. The third-order valence-electron chi connectivity index (χ3n) is 4.87. The second-order valence-electron chi connectivity index (χ2n) is 6.59. The lowest BCUT2D eigenvalue weighted by Crippen LogP contribution is -2.49. The molecule has 0 bridgehead atoms. The summed E-state index contributed by atoms with van der Waals surface area (Å²) in [5.74, 6) is -0.284. The molecule has 140 valence electrons. The first-order chi connectivity index (χ1) is 13.1. The highest BCUT2D eigenvalue weighted by Gasteiger charge is 2.23. The average molecular weight is 388 g/mol. The van der Waals surface area contributed by atoms with Crippen molar-refractivity contribution < 1.29 is 9.18 Å². The van der Waals surface area contributed by atoms with Gasteiger partial charge in [-0.2, -0.15) is 0 Å². The van der Waals surface area contributed by atoms with E-state index in [9.17, 15) is 9.18 Å². The van der Waals surface area contributed by atoms with Crippen LogP contribution in [0.3, 0.4) is 0 Å². The van der Waals surface area contributed by atoms with E-state index in [2.05, 4.69) is 15.2 Å². The first kappa shape index (κ1) is 17.9. The Bertz CT molecular complexity index is 947. The quantitative estimate of drug-likeness (QED) is 0.690. The molecule has 1 saturated heterocycles. The maximum atomic E-state index is 14.0. The van der Waals surface area contributed by atoms with E-state index in [0.29, 0.717) is 43.3 Å². The minimum atomic E-state index is -0.293. The largest absolute Gasteiger partial charge is 0.339 e. The molecule has 27 heavy (non-hydrogen) atoms. The minimum absolute atomic E-state index is 0.00854. The van der Waals surface area contributed by atoms with Gasteiger partial charge in [-0.1, -0.05) is 35.0 Å². The van der Waals surface area contributed by atoms with Crippen LogP contribution in [0.5, 0.6) is 0 Å². The second kappa shape index (κ2) is 7.62. The van der Waals surface area contributed by atoms with E-state index in [-0.39, 0.29) is 18.3 Å². The van der Waals surface area contributed by atoms with Crippen molar-refractivity contribution >= 4 is 28.5 Å². The first-order valence-electron chi connectivity index (χ1n) is 8.83. The summed E-state index contributed by atoms with van der Waals surface area (Å²) in [6.07, 6.45) is 0. The molecule has 2 heterocycles. The molecular weight excluding hydrogens is 369 g/mol. The van der Waals surface area contributed by atoms with Crippen molar-refractivity contribution in [3.8, 4) is 0 Å². The van der Waals surface area contributed by atoms with E-state index < -0.39 is 0 Å². The van der Waals surface area contributed by atoms with Crippen molar-refractivity contribution in [2.24, 2.45) is 0 Å². The molecule has 1 amide bonds. The number of nitrogens with zero attached hydrogens (tertiary/aromatic N) is 5. The molecule has 0 spiro atoms. The molecule has 6 nitrogen and oxygen atoms in total. The van der Waals surface area contributed by atoms with E-state index in [1.165, 1.54) is 6.07 Å². The highest BCUT2D eigenvalue weighted by molar-refractivity contribution is 6.31. The van der Waals surface area contributed by atoms with Gasteiger partial charge in [-0.3, -0.25) is 9.69 Å². The van der Waals surface area contributed by atoms with Gasteiger partial charge in [0, 0.05) is 43.3 Å². The van der Waals surface area contributed by atoms with Gasteiger partial charge in [0.1, 0.15) is 17.9 Å². The van der Waals surface area contributed by atoms with Crippen LogP contribution < -0.4 is 0 Å².